The van der Waals surface area contributed by atoms with Gasteiger partial charge in [0.05, 0.1) is 49.9 Å². The fourth-order valence-electron chi connectivity index (χ4n) is 13.3. The third-order valence-corrected chi connectivity index (χ3v) is 22.5. The van der Waals surface area contributed by atoms with Gasteiger partial charge in [0.1, 0.15) is 44.2 Å². The number of anilines is 3. The van der Waals surface area contributed by atoms with Crippen LogP contribution in [0.15, 0.2) is 128 Å². The molecule has 0 bridgehead atoms. The highest BCUT2D eigenvalue weighted by molar-refractivity contribution is 6.76. The van der Waals surface area contributed by atoms with Crippen LogP contribution in [-0.4, -0.2) is 159 Å². The molecule has 0 saturated carbocycles. The Kier molecular flexibility index (Phi) is 21.4. The second kappa shape index (κ2) is 30.3. The summed E-state index contributed by atoms with van der Waals surface area (Å²) in [5.41, 5.74) is 8.83. The monoisotopic (exact) mass is 1420 g/mol. The van der Waals surface area contributed by atoms with Gasteiger partial charge < -0.3 is 68.4 Å². The second-order valence-electron chi connectivity index (χ2n) is 29.0. The topological polar surface area (TPSA) is 252 Å². The fraction of sp³-hybridized carbons (Fsp3) is 0.390. The first-order valence-corrected chi connectivity index (χ1v) is 42.1. The van der Waals surface area contributed by atoms with Crippen molar-refractivity contribution in [1.82, 2.24) is 20.4 Å². The standard InChI is InChI=1S/C77H89N7O16Si2/c1-46(2)70(80-77(91)98-42-59-55-19-14-12-17-53(55)54-18-13-15-20-56(54)59)72(86)78-47(3)71(85)79-52-24-21-48(22-25-52)50-33-62-75(89)83(43-94-29-31-101(6,7)8)60-38-68(65(92-4)36-57(60)73(87)81(62)40-50)96-27-16-28-97-69-39-61-58(37-66(69)93-5)74(88)82-41-51(49-23-26-64-67(35-49)100-45-99-64)34-63(82)76(90)84(61)44-95-30-32-102(9,10)11/h12-15,17-26,35-41,46-47,59,62-63,70H,16,27-34,42-45H2,1-11H3,(H,78,86)(H,79,85)(H,80,91)/t47-,62-,63-,70-/m0/s1. The van der Waals surface area contributed by atoms with E-state index in [-0.39, 0.29) is 111 Å². The van der Waals surface area contributed by atoms with Crippen molar-refractivity contribution in [1.29, 1.82) is 0 Å². The van der Waals surface area contributed by atoms with Crippen LogP contribution in [0.2, 0.25) is 51.4 Å². The van der Waals surface area contributed by atoms with Crippen molar-refractivity contribution in [2.45, 2.75) is 121 Å². The van der Waals surface area contributed by atoms with Crippen molar-refractivity contribution in [3.63, 3.8) is 0 Å². The summed E-state index contributed by atoms with van der Waals surface area (Å²) in [6, 6.07) is 33.0. The molecule has 0 unspecified atom stereocenters. The highest BCUT2D eigenvalue weighted by Crippen LogP contribution is 2.47. The number of carbonyl (C=O) groups is 7. The van der Waals surface area contributed by atoms with Gasteiger partial charge in [0, 0.05) is 84.8 Å². The van der Waals surface area contributed by atoms with Crippen molar-refractivity contribution in [3.8, 4) is 45.6 Å². The minimum Gasteiger partial charge on any atom is -0.493 e. The quantitative estimate of drug-likeness (QED) is 0.0305. The van der Waals surface area contributed by atoms with E-state index in [1.807, 2.05) is 54.6 Å². The van der Waals surface area contributed by atoms with E-state index < -0.39 is 64.1 Å². The Balaban J connectivity index is 0.697. The summed E-state index contributed by atoms with van der Waals surface area (Å²) in [6.45, 7) is 19.6. The molecule has 6 aromatic rings. The van der Waals surface area contributed by atoms with Gasteiger partial charge >= 0.3 is 6.09 Å². The van der Waals surface area contributed by atoms with Crippen LogP contribution in [0.25, 0.3) is 22.3 Å². The molecule has 23 nitrogen and oxygen atoms in total. The molecule has 3 N–H and O–H groups in total. The van der Waals surface area contributed by atoms with E-state index in [2.05, 4.69) is 67.4 Å². The zero-order valence-corrected chi connectivity index (χ0v) is 61.6. The summed E-state index contributed by atoms with van der Waals surface area (Å²) >= 11 is 0. The predicted molar refractivity (Wildman–Crippen MR) is 392 cm³/mol. The number of ether oxygens (including phenoxy) is 9. The summed E-state index contributed by atoms with van der Waals surface area (Å²) in [5.74, 6) is -0.731. The lowest BCUT2D eigenvalue weighted by molar-refractivity contribution is -0.128. The maximum absolute atomic E-state index is 15.0. The van der Waals surface area contributed by atoms with E-state index in [4.69, 9.17) is 42.6 Å². The van der Waals surface area contributed by atoms with Crippen molar-refractivity contribution < 1.29 is 76.2 Å². The molecule has 0 saturated heterocycles. The van der Waals surface area contributed by atoms with Crippen LogP contribution in [0, 0.1) is 5.92 Å². The van der Waals surface area contributed by atoms with E-state index in [0.29, 0.717) is 65.1 Å². The number of hydrogen-bond acceptors (Lipinski definition) is 16. The molecule has 102 heavy (non-hydrogen) atoms. The van der Waals surface area contributed by atoms with Crippen LogP contribution in [0.3, 0.4) is 0 Å². The number of nitrogens with zero attached hydrogens (tertiary/aromatic N) is 4. The molecule has 5 aliphatic heterocycles. The Bertz CT molecular complexity index is 4250. The summed E-state index contributed by atoms with van der Waals surface area (Å²) < 4.78 is 53.9. The van der Waals surface area contributed by atoms with Crippen LogP contribution in [-0.2, 0) is 33.4 Å². The van der Waals surface area contributed by atoms with Gasteiger partial charge in [-0.1, -0.05) is 120 Å². The number of carbonyl (C=O) groups excluding carboxylic acids is 7. The molecular weight excluding hydrogens is 1340 g/mol. The first kappa shape index (κ1) is 71.9. The zero-order chi connectivity index (χ0) is 72.3. The molecule has 4 atom stereocenters. The lowest BCUT2D eigenvalue weighted by Crippen LogP contribution is -2.53. The summed E-state index contributed by atoms with van der Waals surface area (Å²) in [4.78, 5) is 106. The number of amides is 7. The van der Waals surface area contributed by atoms with E-state index in [1.54, 1.807) is 81.7 Å². The minimum absolute atomic E-state index is 0.0760. The predicted octanol–water partition coefficient (Wildman–Crippen LogP) is 12.1. The Morgan fingerprint density at radius 1 is 0.559 bits per heavy atom. The Morgan fingerprint density at radius 2 is 1.06 bits per heavy atom. The molecule has 6 aromatic carbocycles. The molecule has 0 aromatic heterocycles. The maximum atomic E-state index is 15.0. The molecule has 25 heteroatoms. The van der Waals surface area contributed by atoms with Gasteiger partial charge in [0.25, 0.3) is 23.6 Å². The molecule has 7 amide bonds. The third-order valence-electron chi connectivity index (χ3n) is 19.1. The summed E-state index contributed by atoms with van der Waals surface area (Å²) in [6.07, 6.45) is 3.43. The normalized spacial score (nSPS) is 17.3. The first-order chi connectivity index (χ1) is 48.9. The summed E-state index contributed by atoms with van der Waals surface area (Å²) in [7, 11) is -0.0972. The molecule has 5 heterocycles. The number of hydrogen-bond donors (Lipinski definition) is 3. The molecule has 536 valence electrons. The van der Waals surface area contributed by atoms with Crippen LogP contribution in [0.1, 0.15) is 88.9 Å². The number of methoxy groups -OCH3 is 2. The average Bonchev–Trinajstić information content (AvgIpc) is 1.60. The minimum atomic E-state index is -1.55. The number of alkyl carbamates (subject to hydrolysis) is 1. The molecule has 0 spiro atoms. The van der Waals surface area contributed by atoms with Crippen molar-refractivity contribution in [2.75, 3.05) is 82.6 Å². The Morgan fingerprint density at radius 3 is 1.57 bits per heavy atom. The van der Waals surface area contributed by atoms with Crippen LogP contribution in [0.4, 0.5) is 21.9 Å². The lowest BCUT2D eigenvalue weighted by Gasteiger charge is -2.27. The third kappa shape index (κ3) is 15.6. The number of rotatable bonds is 28. The number of nitrogens with one attached hydrogen (secondary N) is 3. The fourth-order valence-corrected chi connectivity index (χ4v) is 14.8. The molecular formula is C77H89N7O16Si2. The highest BCUT2D eigenvalue weighted by atomic mass is 28.3. The van der Waals surface area contributed by atoms with Crippen LogP contribution < -0.4 is 54.2 Å². The molecule has 12 rings (SSSR count). The maximum Gasteiger partial charge on any atom is 0.407 e. The van der Waals surface area contributed by atoms with E-state index >= 15 is 4.79 Å². The number of benzene rings is 6. The van der Waals surface area contributed by atoms with Gasteiger partial charge in [-0.15, -0.1) is 0 Å². The van der Waals surface area contributed by atoms with Crippen molar-refractivity contribution in [3.05, 3.63) is 161 Å². The van der Waals surface area contributed by atoms with Gasteiger partial charge in [0.15, 0.2) is 34.5 Å². The first-order valence-electron chi connectivity index (χ1n) is 34.6. The van der Waals surface area contributed by atoms with Gasteiger partial charge in [-0.3, -0.25) is 38.6 Å². The van der Waals surface area contributed by atoms with E-state index in [9.17, 15) is 28.8 Å². The molecule has 0 radical (unpaired) electrons. The van der Waals surface area contributed by atoms with Gasteiger partial charge in [0.2, 0.25) is 18.6 Å². The lowest BCUT2D eigenvalue weighted by atomic mass is 9.98. The van der Waals surface area contributed by atoms with Crippen molar-refractivity contribution >= 4 is 85.9 Å². The second-order valence-corrected chi connectivity index (χ2v) is 40.3. The van der Waals surface area contributed by atoms with Gasteiger partial charge in [-0.05, 0) is 106 Å². The zero-order valence-electron chi connectivity index (χ0n) is 59.6. The van der Waals surface area contributed by atoms with Crippen LogP contribution in [0.5, 0.6) is 34.5 Å². The Hall–Kier alpha value is -9.96. The largest absolute Gasteiger partial charge is 0.493 e. The van der Waals surface area contributed by atoms with E-state index in [0.717, 1.165) is 45.5 Å². The van der Waals surface area contributed by atoms with Gasteiger partial charge in [-0.25, -0.2) is 4.79 Å². The van der Waals surface area contributed by atoms with Gasteiger partial charge in [-0.2, -0.15) is 0 Å². The average molecular weight is 1420 g/mol. The highest BCUT2D eigenvalue weighted by Gasteiger charge is 2.46. The SMILES string of the molecule is COc1cc2c(cc1OCCCOc1cc3c(cc1OC)C(=O)N1C=C(c4ccc5c(c4)OCO5)C[C@H]1C(=O)N3COCC[Si](C)(C)C)N(COCC[Si](C)(C)C)C(=O)[C@@H]1CC(c3ccc(NC(=O)[C@H](C)NC(=O)[C@@H](NC(=O)OCC4c5ccccc5-c5ccccc54)C(C)C)cc3)=CN1C2=O. The number of fused-ring (bicyclic) bond motifs is 8. The molecule has 6 aliphatic rings. The van der Waals surface area contributed by atoms with Crippen molar-refractivity contribution in [2.24, 2.45) is 5.92 Å². The molecule has 0 fully saturated rings. The van der Waals surface area contributed by atoms with E-state index in [1.165, 1.54) is 33.8 Å². The summed E-state index contributed by atoms with van der Waals surface area (Å²) in [5, 5.41) is 8.32. The Labute approximate surface area is 596 Å². The molecule has 1 aliphatic carbocycles. The van der Waals surface area contributed by atoms with Crippen LogP contribution >= 0.6 is 0 Å². The smallest absolute Gasteiger partial charge is 0.407 e.